The summed E-state index contributed by atoms with van der Waals surface area (Å²) in [6.07, 6.45) is 0. The maximum atomic E-state index is 6.44. The van der Waals surface area contributed by atoms with Crippen LogP contribution in [0.1, 0.15) is 0 Å². The molecule has 0 bridgehead atoms. The van der Waals surface area contributed by atoms with Crippen LogP contribution in [-0.4, -0.2) is 0 Å². The Labute approximate surface area is 157 Å². The Bertz CT molecular complexity index is 1090. The zero-order valence-electron chi connectivity index (χ0n) is 12.1. The summed E-state index contributed by atoms with van der Waals surface area (Å²) >= 11 is 25.8. The van der Waals surface area contributed by atoms with Crippen molar-refractivity contribution in [2.24, 2.45) is 0 Å². The number of rotatable bonds is 0. The SMILES string of the molecule is Clc1ccc2c3ccc(Cl)c4c(Cl)ccc(c5ccc(Cl)c1c25)c43. The van der Waals surface area contributed by atoms with Gasteiger partial charge in [0.05, 0.1) is 0 Å². The van der Waals surface area contributed by atoms with Crippen molar-refractivity contribution in [2.75, 3.05) is 0 Å². The van der Waals surface area contributed by atoms with Gasteiger partial charge in [-0.15, -0.1) is 0 Å². The summed E-state index contributed by atoms with van der Waals surface area (Å²) in [7, 11) is 0. The van der Waals surface area contributed by atoms with E-state index in [2.05, 4.69) is 0 Å². The first-order valence-corrected chi connectivity index (χ1v) is 8.91. The van der Waals surface area contributed by atoms with E-state index < -0.39 is 0 Å². The minimum absolute atomic E-state index is 0.656. The van der Waals surface area contributed by atoms with Gasteiger partial charge in [0.1, 0.15) is 0 Å². The first-order valence-electron chi connectivity index (χ1n) is 7.40. The van der Waals surface area contributed by atoms with E-state index >= 15 is 0 Å². The van der Waals surface area contributed by atoms with Crippen molar-refractivity contribution in [2.45, 2.75) is 0 Å². The molecule has 0 nitrogen and oxygen atoms in total. The highest BCUT2D eigenvalue weighted by Gasteiger charge is 2.18. The van der Waals surface area contributed by atoms with Gasteiger partial charge in [0.15, 0.2) is 0 Å². The van der Waals surface area contributed by atoms with Gasteiger partial charge in [-0.25, -0.2) is 0 Å². The second-order valence-corrected chi connectivity index (χ2v) is 7.51. The molecule has 0 aromatic heterocycles. The van der Waals surface area contributed by atoms with E-state index in [4.69, 9.17) is 46.4 Å². The molecule has 116 valence electrons. The molecule has 0 aliphatic carbocycles. The van der Waals surface area contributed by atoms with Crippen molar-refractivity contribution in [1.82, 2.24) is 0 Å². The normalized spacial score (nSPS) is 12.2. The number of halogens is 4. The molecule has 5 aromatic rings. The summed E-state index contributed by atoms with van der Waals surface area (Å²) in [6, 6.07) is 15.7. The summed E-state index contributed by atoms with van der Waals surface area (Å²) in [6.45, 7) is 0. The molecule has 0 radical (unpaired) electrons. The first kappa shape index (κ1) is 14.9. The fourth-order valence-corrected chi connectivity index (χ4v) is 4.86. The van der Waals surface area contributed by atoms with Crippen molar-refractivity contribution in [3.63, 3.8) is 0 Å². The molecular weight excluding hydrogens is 382 g/mol. The molecular formula is C20H8Cl4. The Hall–Kier alpha value is -1.44. The Kier molecular flexibility index (Phi) is 3.12. The number of fused-ring (bicyclic) bond motifs is 2. The van der Waals surface area contributed by atoms with Crippen molar-refractivity contribution in [1.29, 1.82) is 0 Å². The lowest BCUT2D eigenvalue weighted by molar-refractivity contribution is 1.78. The largest absolute Gasteiger partial charge is 0.0836 e. The van der Waals surface area contributed by atoms with E-state index in [9.17, 15) is 0 Å². The van der Waals surface area contributed by atoms with Gasteiger partial charge in [-0.3, -0.25) is 0 Å². The van der Waals surface area contributed by atoms with E-state index in [-0.39, 0.29) is 0 Å². The molecule has 4 heteroatoms. The van der Waals surface area contributed by atoms with Crippen molar-refractivity contribution < 1.29 is 0 Å². The lowest BCUT2D eigenvalue weighted by atomic mass is 9.90. The molecule has 5 aromatic carbocycles. The van der Waals surface area contributed by atoms with E-state index in [1.807, 2.05) is 48.5 Å². The average Bonchev–Trinajstić information content (AvgIpc) is 2.57. The molecule has 0 fully saturated rings. The fraction of sp³-hybridized carbons (Fsp3) is 0. The van der Waals surface area contributed by atoms with Crippen LogP contribution >= 0.6 is 46.4 Å². The molecule has 0 aliphatic heterocycles. The van der Waals surface area contributed by atoms with E-state index in [0.29, 0.717) is 20.1 Å². The smallest absolute Gasteiger partial charge is 0.0500 e. The zero-order valence-corrected chi connectivity index (χ0v) is 15.2. The van der Waals surface area contributed by atoms with Crippen LogP contribution in [0.5, 0.6) is 0 Å². The molecule has 5 rings (SSSR count). The minimum atomic E-state index is 0.656. The third-order valence-electron chi connectivity index (χ3n) is 4.70. The predicted octanol–water partition coefficient (Wildman–Crippen LogP) is 8.35. The van der Waals surface area contributed by atoms with Crippen LogP contribution in [0.4, 0.5) is 0 Å². The fourth-order valence-electron chi connectivity index (χ4n) is 3.73. The average molecular weight is 390 g/mol. The Morgan fingerprint density at radius 1 is 0.333 bits per heavy atom. The second kappa shape index (κ2) is 5.03. The molecule has 0 saturated heterocycles. The summed E-state index contributed by atoms with van der Waals surface area (Å²) in [5, 5.41) is 11.0. The zero-order chi connectivity index (χ0) is 16.6. The Morgan fingerprint density at radius 2 is 0.583 bits per heavy atom. The van der Waals surface area contributed by atoms with Gasteiger partial charge in [0.2, 0.25) is 0 Å². The van der Waals surface area contributed by atoms with Gasteiger partial charge < -0.3 is 0 Å². The third-order valence-corrected chi connectivity index (χ3v) is 5.96. The highest BCUT2D eigenvalue weighted by atomic mass is 35.5. The van der Waals surface area contributed by atoms with Crippen LogP contribution in [0.2, 0.25) is 20.1 Å². The number of hydrogen-bond donors (Lipinski definition) is 0. The summed E-state index contributed by atoms with van der Waals surface area (Å²) < 4.78 is 0. The maximum absolute atomic E-state index is 6.44. The quantitative estimate of drug-likeness (QED) is 0.184. The van der Waals surface area contributed by atoms with Gasteiger partial charge >= 0.3 is 0 Å². The highest BCUT2D eigenvalue weighted by molar-refractivity contribution is 6.49. The highest BCUT2D eigenvalue weighted by Crippen LogP contribution is 2.46. The van der Waals surface area contributed by atoms with Gasteiger partial charge in [-0.2, -0.15) is 0 Å². The third kappa shape index (κ3) is 1.78. The van der Waals surface area contributed by atoms with Gasteiger partial charge in [-0.05, 0) is 45.8 Å². The first-order chi connectivity index (χ1) is 11.6. The van der Waals surface area contributed by atoms with Gasteiger partial charge in [-0.1, -0.05) is 70.7 Å². The molecule has 24 heavy (non-hydrogen) atoms. The van der Waals surface area contributed by atoms with Crippen LogP contribution in [0.15, 0.2) is 48.5 Å². The summed E-state index contributed by atoms with van der Waals surface area (Å²) in [5.41, 5.74) is 0. The lowest BCUT2D eigenvalue weighted by Crippen LogP contribution is -1.89. The van der Waals surface area contributed by atoms with E-state index in [1.165, 1.54) is 0 Å². The van der Waals surface area contributed by atoms with Crippen LogP contribution in [0.25, 0.3) is 43.1 Å². The molecule has 0 spiro atoms. The van der Waals surface area contributed by atoms with Crippen LogP contribution in [0, 0.1) is 0 Å². The van der Waals surface area contributed by atoms with E-state index in [1.54, 1.807) is 0 Å². The summed E-state index contributed by atoms with van der Waals surface area (Å²) in [5.74, 6) is 0. The van der Waals surface area contributed by atoms with Gasteiger partial charge in [0, 0.05) is 41.6 Å². The van der Waals surface area contributed by atoms with Crippen LogP contribution < -0.4 is 0 Å². The van der Waals surface area contributed by atoms with Crippen LogP contribution in [0.3, 0.4) is 0 Å². The number of hydrogen-bond acceptors (Lipinski definition) is 0. The molecule has 0 heterocycles. The van der Waals surface area contributed by atoms with Gasteiger partial charge in [0.25, 0.3) is 0 Å². The Morgan fingerprint density at radius 3 is 0.833 bits per heavy atom. The monoisotopic (exact) mass is 388 g/mol. The second-order valence-electron chi connectivity index (χ2n) is 5.88. The van der Waals surface area contributed by atoms with Crippen LogP contribution in [-0.2, 0) is 0 Å². The molecule has 0 aliphatic rings. The summed E-state index contributed by atoms with van der Waals surface area (Å²) in [4.78, 5) is 0. The molecule has 0 amide bonds. The standard InChI is InChI=1S/C20H8Cl4/c21-13-5-1-9-10-2-6-15(23)20-16(24)8-4-12(18(10)20)11-3-7-14(22)19(13)17(9)11/h1-8H. The van der Waals surface area contributed by atoms with Crippen molar-refractivity contribution >= 4 is 89.5 Å². The predicted molar refractivity (Wildman–Crippen MR) is 108 cm³/mol. The molecule has 0 N–H and O–H groups in total. The molecule has 0 atom stereocenters. The van der Waals surface area contributed by atoms with E-state index in [0.717, 1.165) is 43.1 Å². The minimum Gasteiger partial charge on any atom is -0.0836 e. The topological polar surface area (TPSA) is 0 Å². The number of benzene rings is 5. The van der Waals surface area contributed by atoms with Crippen molar-refractivity contribution in [3.8, 4) is 0 Å². The molecule has 0 saturated carbocycles. The lowest BCUT2D eigenvalue weighted by Gasteiger charge is -2.17. The van der Waals surface area contributed by atoms with Crippen molar-refractivity contribution in [3.05, 3.63) is 68.6 Å². The molecule has 0 unspecified atom stereocenters. The Balaban J connectivity index is 2.26. The maximum Gasteiger partial charge on any atom is 0.0500 e.